The predicted octanol–water partition coefficient (Wildman–Crippen LogP) is 2.81. The van der Waals surface area contributed by atoms with Gasteiger partial charge < -0.3 is 4.74 Å². The van der Waals surface area contributed by atoms with E-state index in [1.54, 1.807) is 11.3 Å². The van der Waals surface area contributed by atoms with Gasteiger partial charge in [0.1, 0.15) is 0 Å². The first kappa shape index (κ1) is 10.7. The van der Waals surface area contributed by atoms with E-state index in [0.29, 0.717) is 19.1 Å². The molecule has 15 heavy (non-hydrogen) atoms. The summed E-state index contributed by atoms with van der Waals surface area (Å²) in [4.78, 5) is 1.30. The van der Waals surface area contributed by atoms with Gasteiger partial charge in [-0.05, 0) is 17.4 Å². The first-order valence-electron chi connectivity index (χ1n) is 5.22. The molecular weight excluding hydrogens is 206 g/mol. The summed E-state index contributed by atoms with van der Waals surface area (Å²) in [6.45, 7) is 5.62. The molecule has 0 spiro atoms. The number of nitrogens with zero attached hydrogens (tertiary/aromatic N) is 1. The van der Waals surface area contributed by atoms with Gasteiger partial charge in [0.05, 0.1) is 30.6 Å². The Hall–Kier alpha value is -0.850. The van der Waals surface area contributed by atoms with Gasteiger partial charge in [0.2, 0.25) is 0 Å². The molecule has 1 unspecified atom stereocenters. The molecule has 1 atom stereocenters. The van der Waals surface area contributed by atoms with E-state index in [1.165, 1.54) is 4.88 Å². The minimum atomic E-state index is -0.0307. The topological polar surface area (TPSA) is 33.0 Å². The van der Waals surface area contributed by atoms with Gasteiger partial charge in [0.15, 0.2) is 0 Å². The quantitative estimate of drug-likeness (QED) is 0.786. The van der Waals surface area contributed by atoms with Crippen LogP contribution in [0.5, 0.6) is 0 Å². The maximum Gasteiger partial charge on any atom is 0.0674 e. The van der Waals surface area contributed by atoms with Crippen LogP contribution in [0.3, 0.4) is 0 Å². The first-order valence-corrected chi connectivity index (χ1v) is 6.10. The summed E-state index contributed by atoms with van der Waals surface area (Å²) < 4.78 is 5.35. The molecule has 1 aliphatic rings. The summed E-state index contributed by atoms with van der Waals surface area (Å²) in [6.07, 6.45) is 0. The molecule has 1 aliphatic heterocycles. The molecule has 2 heterocycles. The van der Waals surface area contributed by atoms with E-state index in [-0.39, 0.29) is 11.3 Å². The van der Waals surface area contributed by atoms with E-state index in [1.807, 2.05) is 0 Å². The van der Waals surface area contributed by atoms with Gasteiger partial charge in [-0.15, -0.1) is 11.3 Å². The Bertz CT molecular complexity index is 359. The number of ether oxygens (including phenoxy) is 1. The molecule has 1 saturated heterocycles. The number of thiophene rings is 1. The van der Waals surface area contributed by atoms with Gasteiger partial charge in [-0.2, -0.15) is 5.26 Å². The van der Waals surface area contributed by atoms with E-state index < -0.39 is 0 Å². The second-order valence-electron chi connectivity index (χ2n) is 4.48. The Kier molecular flexibility index (Phi) is 2.81. The molecule has 1 aromatic heterocycles. The summed E-state index contributed by atoms with van der Waals surface area (Å²) >= 11 is 1.74. The smallest absolute Gasteiger partial charge is 0.0674 e. The lowest BCUT2D eigenvalue weighted by Crippen LogP contribution is -2.53. The van der Waals surface area contributed by atoms with Crippen LogP contribution in [0.4, 0.5) is 0 Å². The lowest BCUT2D eigenvalue weighted by atomic mass is 9.68. The number of rotatable bonds is 3. The lowest BCUT2D eigenvalue weighted by molar-refractivity contribution is -0.0857. The third kappa shape index (κ3) is 1.58. The zero-order chi connectivity index (χ0) is 10.9. The second-order valence-corrected chi connectivity index (χ2v) is 5.42. The minimum absolute atomic E-state index is 0.0307. The normalized spacial score (nSPS) is 20.7. The highest BCUT2D eigenvalue weighted by Gasteiger charge is 2.49. The van der Waals surface area contributed by atoms with Gasteiger partial charge in [-0.3, -0.25) is 0 Å². The Labute approximate surface area is 94.5 Å². The van der Waals surface area contributed by atoms with Gasteiger partial charge in [0.25, 0.3) is 0 Å². The van der Waals surface area contributed by atoms with E-state index >= 15 is 0 Å². The molecule has 80 valence electrons. The predicted molar refractivity (Wildman–Crippen MR) is 60.8 cm³/mol. The maximum absolute atomic E-state index is 9.29. The van der Waals surface area contributed by atoms with Crippen LogP contribution in [0.1, 0.15) is 18.7 Å². The maximum atomic E-state index is 9.29. The SMILES string of the molecule is CC(C)C(C#N)C1(c2cccs2)COC1. The van der Waals surface area contributed by atoms with Crippen molar-refractivity contribution in [1.29, 1.82) is 5.26 Å². The average Bonchev–Trinajstić information content (AvgIpc) is 2.62. The van der Waals surface area contributed by atoms with Crippen molar-refractivity contribution in [3.8, 4) is 6.07 Å². The Morgan fingerprint density at radius 1 is 1.53 bits per heavy atom. The van der Waals surface area contributed by atoms with Crippen LogP contribution in [0.15, 0.2) is 17.5 Å². The number of nitriles is 1. The molecule has 0 saturated carbocycles. The van der Waals surface area contributed by atoms with Crippen molar-refractivity contribution in [2.75, 3.05) is 13.2 Å². The standard InChI is InChI=1S/C12H15NOS/c1-9(2)10(6-13)12(7-14-8-12)11-4-3-5-15-11/h3-5,9-10H,7-8H2,1-2H3. The summed E-state index contributed by atoms with van der Waals surface area (Å²) in [5.74, 6) is 0.436. The summed E-state index contributed by atoms with van der Waals surface area (Å²) in [6, 6.07) is 6.63. The van der Waals surface area contributed by atoms with Crippen LogP contribution >= 0.6 is 11.3 Å². The highest BCUT2D eigenvalue weighted by Crippen LogP contribution is 2.44. The van der Waals surface area contributed by atoms with Crippen LogP contribution in [-0.2, 0) is 10.2 Å². The Morgan fingerprint density at radius 3 is 2.60 bits per heavy atom. The third-order valence-electron chi connectivity index (χ3n) is 3.13. The molecule has 0 aromatic carbocycles. The van der Waals surface area contributed by atoms with Crippen LogP contribution < -0.4 is 0 Å². The average molecular weight is 221 g/mol. The zero-order valence-corrected chi connectivity index (χ0v) is 9.88. The molecule has 0 amide bonds. The van der Waals surface area contributed by atoms with Crippen molar-refractivity contribution in [1.82, 2.24) is 0 Å². The summed E-state index contributed by atoms with van der Waals surface area (Å²) in [5, 5.41) is 11.4. The number of hydrogen-bond donors (Lipinski definition) is 0. The van der Waals surface area contributed by atoms with Crippen molar-refractivity contribution in [2.24, 2.45) is 11.8 Å². The molecule has 3 heteroatoms. The summed E-state index contributed by atoms with van der Waals surface area (Å²) in [5.41, 5.74) is -0.0307. The third-order valence-corrected chi connectivity index (χ3v) is 4.22. The van der Waals surface area contributed by atoms with Gasteiger partial charge >= 0.3 is 0 Å². The van der Waals surface area contributed by atoms with Crippen molar-refractivity contribution in [3.05, 3.63) is 22.4 Å². The zero-order valence-electron chi connectivity index (χ0n) is 9.06. The molecule has 0 N–H and O–H groups in total. The van der Waals surface area contributed by atoms with Crippen LogP contribution in [-0.4, -0.2) is 13.2 Å². The second kappa shape index (κ2) is 3.96. The first-order chi connectivity index (χ1) is 7.20. The molecule has 0 radical (unpaired) electrons. The highest BCUT2D eigenvalue weighted by molar-refractivity contribution is 7.10. The van der Waals surface area contributed by atoms with Gasteiger partial charge in [-0.25, -0.2) is 0 Å². The monoisotopic (exact) mass is 221 g/mol. The fraction of sp³-hybridized carbons (Fsp3) is 0.583. The molecule has 2 nitrogen and oxygen atoms in total. The molecular formula is C12H15NOS. The van der Waals surface area contributed by atoms with E-state index in [9.17, 15) is 5.26 Å². The molecule has 1 aromatic rings. The molecule has 2 rings (SSSR count). The Morgan fingerprint density at radius 2 is 2.27 bits per heavy atom. The lowest BCUT2D eigenvalue weighted by Gasteiger charge is -2.45. The molecule has 0 bridgehead atoms. The highest BCUT2D eigenvalue weighted by atomic mass is 32.1. The van der Waals surface area contributed by atoms with Gasteiger partial charge in [-0.1, -0.05) is 19.9 Å². The van der Waals surface area contributed by atoms with Gasteiger partial charge in [0, 0.05) is 4.88 Å². The van der Waals surface area contributed by atoms with E-state index in [0.717, 1.165) is 0 Å². The largest absolute Gasteiger partial charge is 0.379 e. The minimum Gasteiger partial charge on any atom is -0.379 e. The fourth-order valence-corrected chi connectivity index (χ4v) is 3.21. The summed E-state index contributed by atoms with van der Waals surface area (Å²) in [7, 11) is 0. The fourth-order valence-electron chi connectivity index (χ4n) is 2.27. The molecule has 1 fully saturated rings. The van der Waals surface area contributed by atoms with Crippen molar-refractivity contribution in [3.63, 3.8) is 0 Å². The van der Waals surface area contributed by atoms with Crippen molar-refractivity contribution in [2.45, 2.75) is 19.3 Å². The van der Waals surface area contributed by atoms with Crippen LogP contribution in [0.2, 0.25) is 0 Å². The van der Waals surface area contributed by atoms with E-state index in [4.69, 9.17) is 4.74 Å². The number of hydrogen-bond acceptors (Lipinski definition) is 3. The van der Waals surface area contributed by atoms with Crippen LogP contribution in [0, 0.1) is 23.2 Å². The van der Waals surface area contributed by atoms with Crippen LogP contribution in [0.25, 0.3) is 0 Å². The Balaban J connectivity index is 2.34. The van der Waals surface area contributed by atoms with Crippen molar-refractivity contribution >= 4 is 11.3 Å². The van der Waals surface area contributed by atoms with Crippen molar-refractivity contribution < 1.29 is 4.74 Å². The molecule has 0 aliphatic carbocycles. The van der Waals surface area contributed by atoms with E-state index in [2.05, 4.69) is 37.4 Å².